The summed E-state index contributed by atoms with van der Waals surface area (Å²) in [6, 6.07) is 14.1. The van der Waals surface area contributed by atoms with Gasteiger partial charge in [0.15, 0.2) is 5.13 Å². The number of fused-ring (bicyclic) bond motifs is 2. The van der Waals surface area contributed by atoms with E-state index in [2.05, 4.69) is 20.6 Å². The number of aromatic nitrogens is 2. The monoisotopic (exact) mass is 378 g/mol. The van der Waals surface area contributed by atoms with Crippen molar-refractivity contribution in [3.05, 3.63) is 64.4 Å². The molecule has 4 aromatic rings. The van der Waals surface area contributed by atoms with Crippen LogP contribution in [0.5, 0.6) is 0 Å². The molecule has 2 heterocycles. The average Bonchev–Trinajstić information content (AvgIpc) is 3.02. The molecule has 134 valence electrons. The molecule has 0 bridgehead atoms. The van der Waals surface area contributed by atoms with Crippen molar-refractivity contribution in [1.82, 2.24) is 9.97 Å². The van der Waals surface area contributed by atoms with Gasteiger partial charge in [0.2, 0.25) is 5.91 Å². The van der Waals surface area contributed by atoms with E-state index in [0.29, 0.717) is 21.9 Å². The van der Waals surface area contributed by atoms with Crippen LogP contribution in [0.2, 0.25) is 0 Å². The van der Waals surface area contributed by atoms with Crippen molar-refractivity contribution in [1.29, 1.82) is 0 Å². The molecule has 4 rings (SSSR count). The number of benzene rings is 2. The molecule has 0 unspecified atom stereocenters. The molecule has 0 aliphatic rings. The molecule has 2 aromatic heterocycles. The lowest BCUT2D eigenvalue weighted by molar-refractivity contribution is -0.114. The van der Waals surface area contributed by atoms with Crippen LogP contribution in [0.1, 0.15) is 17.3 Å². The minimum Gasteiger partial charge on any atom is -0.326 e. The molecule has 0 aliphatic heterocycles. The third-order valence-electron chi connectivity index (χ3n) is 3.93. The Morgan fingerprint density at radius 2 is 1.89 bits per heavy atom. The van der Waals surface area contributed by atoms with Crippen LogP contribution >= 0.6 is 11.3 Å². The smallest absolute Gasteiger partial charge is 0.263 e. The van der Waals surface area contributed by atoms with E-state index in [1.807, 2.05) is 18.2 Å². The highest BCUT2D eigenvalue weighted by Crippen LogP contribution is 2.28. The highest BCUT2D eigenvalue weighted by atomic mass is 32.1. The number of carbonyl (C=O) groups is 2. The number of H-pyrrole nitrogens is 1. The highest BCUT2D eigenvalue weighted by Gasteiger charge is 2.14. The van der Waals surface area contributed by atoms with E-state index < -0.39 is 11.5 Å². The van der Waals surface area contributed by atoms with Gasteiger partial charge in [0.25, 0.3) is 11.5 Å². The maximum Gasteiger partial charge on any atom is 0.263 e. The zero-order chi connectivity index (χ0) is 19.0. The van der Waals surface area contributed by atoms with Gasteiger partial charge in [-0.3, -0.25) is 19.7 Å². The van der Waals surface area contributed by atoms with Gasteiger partial charge in [-0.05, 0) is 35.7 Å². The number of nitrogens with one attached hydrogen (secondary N) is 3. The number of hydrogen-bond donors (Lipinski definition) is 3. The van der Waals surface area contributed by atoms with Crippen LogP contribution in [0.25, 0.3) is 21.1 Å². The first kappa shape index (κ1) is 16.9. The Bertz CT molecular complexity index is 1260. The number of rotatable bonds is 3. The predicted octanol–water partition coefficient (Wildman–Crippen LogP) is 3.35. The van der Waals surface area contributed by atoms with Gasteiger partial charge in [0.1, 0.15) is 5.56 Å². The zero-order valence-corrected chi connectivity index (χ0v) is 15.0. The van der Waals surface area contributed by atoms with Crippen molar-refractivity contribution < 1.29 is 9.59 Å². The number of para-hydroxylation sites is 1. The van der Waals surface area contributed by atoms with Crippen molar-refractivity contribution in [3.8, 4) is 0 Å². The summed E-state index contributed by atoms with van der Waals surface area (Å²) in [6.45, 7) is 1.43. The van der Waals surface area contributed by atoms with Crippen LogP contribution in [0.15, 0.2) is 53.3 Å². The standard InChI is InChI=1S/C19H14N4O3S/c1-10(24)20-12-6-7-15-16(9-12)27-19(22-15)23-18(26)13-8-11-4-2-3-5-14(11)21-17(13)25/h2-9H,1H3,(H,20,24)(H,21,25)(H,22,23,26). The van der Waals surface area contributed by atoms with Crippen LogP contribution < -0.4 is 16.2 Å². The largest absolute Gasteiger partial charge is 0.326 e. The molecule has 0 radical (unpaired) electrons. The first-order valence-corrected chi connectivity index (χ1v) is 8.93. The quantitative estimate of drug-likeness (QED) is 0.508. The van der Waals surface area contributed by atoms with Gasteiger partial charge < -0.3 is 10.3 Å². The van der Waals surface area contributed by atoms with Crippen LogP contribution in [-0.4, -0.2) is 21.8 Å². The predicted molar refractivity (Wildman–Crippen MR) is 106 cm³/mol. The van der Waals surface area contributed by atoms with E-state index in [-0.39, 0.29) is 11.5 Å². The fourth-order valence-electron chi connectivity index (χ4n) is 2.74. The third-order valence-corrected chi connectivity index (χ3v) is 4.86. The molecule has 0 spiro atoms. The van der Waals surface area contributed by atoms with Crippen molar-refractivity contribution >= 4 is 55.1 Å². The van der Waals surface area contributed by atoms with Crippen LogP contribution in [0, 0.1) is 0 Å². The molecular formula is C19H14N4O3S. The van der Waals surface area contributed by atoms with Crippen molar-refractivity contribution in [2.45, 2.75) is 6.92 Å². The van der Waals surface area contributed by atoms with Gasteiger partial charge in [0.05, 0.1) is 10.2 Å². The molecule has 0 atom stereocenters. The van der Waals surface area contributed by atoms with Gasteiger partial charge in [-0.15, -0.1) is 0 Å². The fraction of sp³-hybridized carbons (Fsp3) is 0.0526. The summed E-state index contributed by atoms with van der Waals surface area (Å²) in [6.07, 6.45) is 0. The Balaban J connectivity index is 1.63. The number of carbonyl (C=O) groups excluding carboxylic acids is 2. The molecule has 3 N–H and O–H groups in total. The van der Waals surface area contributed by atoms with Crippen molar-refractivity contribution in [2.75, 3.05) is 10.6 Å². The molecule has 27 heavy (non-hydrogen) atoms. The maximum atomic E-state index is 12.5. The number of nitrogens with zero attached hydrogens (tertiary/aromatic N) is 1. The molecule has 0 aliphatic carbocycles. The Morgan fingerprint density at radius 3 is 2.70 bits per heavy atom. The van der Waals surface area contributed by atoms with Crippen LogP contribution in [0.4, 0.5) is 10.8 Å². The van der Waals surface area contributed by atoms with Gasteiger partial charge >= 0.3 is 0 Å². The molecule has 8 heteroatoms. The molecule has 0 saturated heterocycles. The lowest BCUT2D eigenvalue weighted by atomic mass is 10.1. The summed E-state index contributed by atoms with van der Waals surface area (Å²) in [5, 5.41) is 6.53. The summed E-state index contributed by atoms with van der Waals surface area (Å²) in [5.74, 6) is -0.689. The van der Waals surface area contributed by atoms with E-state index >= 15 is 0 Å². The molecule has 7 nitrogen and oxygen atoms in total. The molecule has 0 saturated carbocycles. The second-order valence-electron chi connectivity index (χ2n) is 5.94. The first-order chi connectivity index (χ1) is 13.0. The molecule has 0 fully saturated rings. The molecule has 2 amide bonds. The van der Waals surface area contributed by atoms with Crippen LogP contribution in [0.3, 0.4) is 0 Å². The van der Waals surface area contributed by atoms with E-state index in [1.54, 1.807) is 30.3 Å². The number of hydrogen-bond acceptors (Lipinski definition) is 5. The van der Waals surface area contributed by atoms with E-state index in [0.717, 1.165) is 10.1 Å². The summed E-state index contributed by atoms with van der Waals surface area (Å²) in [5.41, 5.74) is 1.58. The Labute approximate surface area is 157 Å². The second kappa shape index (κ2) is 6.65. The Hall–Kier alpha value is -3.52. The van der Waals surface area contributed by atoms with Gasteiger partial charge in [0, 0.05) is 18.1 Å². The van der Waals surface area contributed by atoms with Crippen LogP contribution in [-0.2, 0) is 4.79 Å². The summed E-state index contributed by atoms with van der Waals surface area (Å²) in [4.78, 5) is 43.0. The lowest BCUT2D eigenvalue weighted by Gasteiger charge is -2.03. The zero-order valence-electron chi connectivity index (χ0n) is 14.2. The lowest BCUT2D eigenvalue weighted by Crippen LogP contribution is -2.22. The second-order valence-corrected chi connectivity index (χ2v) is 6.97. The Morgan fingerprint density at radius 1 is 1.07 bits per heavy atom. The maximum absolute atomic E-state index is 12.5. The number of anilines is 2. The van der Waals surface area contributed by atoms with E-state index in [9.17, 15) is 14.4 Å². The molecule has 2 aromatic carbocycles. The van der Waals surface area contributed by atoms with Gasteiger partial charge in [-0.25, -0.2) is 4.98 Å². The summed E-state index contributed by atoms with van der Waals surface area (Å²) < 4.78 is 0.809. The van der Waals surface area contributed by atoms with E-state index in [4.69, 9.17) is 0 Å². The summed E-state index contributed by atoms with van der Waals surface area (Å²) >= 11 is 1.26. The number of aromatic amines is 1. The normalized spacial score (nSPS) is 10.9. The fourth-order valence-corrected chi connectivity index (χ4v) is 3.64. The SMILES string of the molecule is CC(=O)Nc1ccc2nc(NC(=O)c3cc4ccccc4[nH]c3=O)sc2c1. The van der Waals surface area contributed by atoms with Gasteiger partial charge in [-0.1, -0.05) is 29.5 Å². The molecular weight excluding hydrogens is 364 g/mol. The first-order valence-electron chi connectivity index (χ1n) is 8.11. The van der Waals surface area contributed by atoms with Crippen molar-refractivity contribution in [2.24, 2.45) is 0 Å². The topological polar surface area (TPSA) is 104 Å². The summed E-state index contributed by atoms with van der Waals surface area (Å²) in [7, 11) is 0. The average molecular weight is 378 g/mol. The minimum absolute atomic E-state index is 0.0203. The van der Waals surface area contributed by atoms with Crippen molar-refractivity contribution in [3.63, 3.8) is 0 Å². The minimum atomic E-state index is -0.525. The highest BCUT2D eigenvalue weighted by molar-refractivity contribution is 7.22. The number of amides is 2. The van der Waals surface area contributed by atoms with E-state index in [1.165, 1.54) is 18.3 Å². The van der Waals surface area contributed by atoms with Gasteiger partial charge in [-0.2, -0.15) is 0 Å². The Kier molecular flexibility index (Phi) is 4.17. The number of thiazole rings is 1. The third kappa shape index (κ3) is 3.42. The number of pyridine rings is 1.